The number of rotatable bonds is 1. The summed E-state index contributed by atoms with van der Waals surface area (Å²) in [5.41, 5.74) is 2.70. The Morgan fingerprint density at radius 2 is 1.82 bits per heavy atom. The summed E-state index contributed by atoms with van der Waals surface area (Å²) in [5.74, 6) is 0. The lowest BCUT2D eigenvalue weighted by Crippen LogP contribution is -1.96. The summed E-state index contributed by atoms with van der Waals surface area (Å²) in [6.45, 7) is 2.12. The fourth-order valence-electron chi connectivity index (χ4n) is 0.821. The van der Waals surface area contributed by atoms with Gasteiger partial charge in [0.25, 0.3) is 0 Å². The maximum absolute atomic E-state index is 2.43. The number of alkyl halides is 3. The van der Waals surface area contributed by atoms with Gasteiger partial charge in [-0.2, -0.15) is 0 Å². The van der Waals surface area contributed by atoms with E-state index in [0.29, 0.717) is 0 Å². The SMILES string of the molecule is Cc1cccc(C(I)(I)I)c1. The molecule has 60 valence electrons. The van der Waals surface area contributed by atoms with Crippen LogP contribution in [0.25, 0.3) is 0 Å². The van der Waals surface area contributed by atoms with Gasteiger partial charge in [0.15, 0.2) is 0 Å². The summed E-state index contributed by atoms with van der Waals surface area (Å²) in [6, 6.07) is 8.62. The molecule has 0 aromatic heterocycles. The van der Waals surface area contributed by atoms with Crippen molar-refractivity contribution >= 4 is 67.8 Å². The molecule has 0 saturated heterocycles. The van der Waals surface area contributed by atoms with Gasteiger partial charge in [-0.3, -0.25) is 0 Å². The average Bonchev–Trinajstić information content (AvgIpc) is 1.86. The Morgan fingerprint density at radius 3 is 2.18 bits per heavy atom. The Labute approximate surface area is 108 Å². The van der Waals surface area contributed by atoms with Crippen LogP contribution in [-0.4, -0.2) is 0 Å². The molecule has 0 amide bonds. The Hall–Kier alpha value is 1.41. The molecule has 0 aliphatic heterocycles. The molecule has 11 heavy (non-hydrogen) atoms. The monoisotopic (exact) mass is 484 g/mol. The number of benzene rings is 1. The minimum Gasteiger partial charge on any atom is -0.0616 e. The largest absolute Gasteiger partial charge is 0.149 e. The maximum atomic E-state index is 2.43. The van der Waals surface area contributed by atoms with Crippen LogP contribution < -0.4 is 0 Å². The Balaban J connectivity index is 3.06. The Morgan fingerprint density at radius 1 is 1.18 bits per heavy atom. The smallest absolute Gasteiger partial charge is 0.0616 e. The van der Waals surface area contributed by atoms with Gasteiger partial charge in [-0.25, -0.2) is 0 Å². The van der Waals surface area contributed by atoms with E-state index in [0.717, 1.165) is 0 Å². The second-order valence-corrected chi connectivity index (χ2v) is 13.4. The molecule has 0 heterocycles. The molecule has 0 unspecified atom stereocenters. The topological polar surface area (TPSA) is 0 Å². The number of aryl methyl sites for hydroxylation is 1. The van der Waals surface area contributed by atoms with E-state index in [1.807, 2.05) is 0 Å². The first-order valence-electron chi connectivity index (χ1n) is 3.14. The van der Waals surface area contributed by atoms with Crippen LogP contribution in [0.3, 0.4) is 0 Å². The van der Waals surface area contributed by atoms with E-state index in [1.54, 1.807) is 0 Å². The number of halogens is 3. The van der Waals surface area contributed by atoms with E-state index >= 15 is 0 Å². The molecule has 0 aliphatic rings. The summed E-state index contributed by atoms with van der Waals surface area (Å²) < 4.78 is 0.194. The molecule has 0 atom stereocenters. The van der Waals surface area contributed by atoms with Crippen molar-refractivity contribution < 1.29 is 0 Å². The summed E-state index contributed by atoms with van der Waals surface area (Å²) in [6.07, 6.45) is 0. The Kier molecular flexibility index (Phi) is 3.89. The molecular weight excluding hydrogens is 477 g/mol. The van der Waals surface area contributed by atoms with Crippen molar-refractivity contribution in [1.29, 1.82) is 0 Å². The van der Waals surface area contributed by atoms with E-state index in [9.17, 15) is 0 Å². The first-order valence-corrected chi connectivity index (χ1v) is 6.37. The minimum absolute atomic E-state index is 0.194. The van der Waals surface area contributed by atoms with Gasteiger partial charge in [-0.15, -0.1) is 0 Å². The molecule has 3 heteroatoms. The molecule has 1 aromatic rings. The summed E-state index contributed by atoms with van der Waals surface area (Å²) in [5, 5.41) is 0. The van der Waals surface area contributed by atoms with Crippen LogP contribution in [0.1, 0.15) is 11.1 Å². The van der Waals surface area contributed by atoms with Gasteiger partial charge in [-0.05, 0) is 80.3 Å². The molecule has 0 spiro atoms. The average molecular weight is 484 g/mol. The zero-order valence-corrected chi connectivity index (χ0v) is 12.4. The van der Waals surface area contributed by atoms with Crippen molar-refractivity contribution in [3.8, 4) is 0 Å². The highest BCUT2D eigenvalue weighted by atomic mass is 127. The molecule has 0 fully saturated rings. The number of hydrogen-bond acceptors (Lipinski definition) is 0. The van der Waals surface area contributed by atoms with Crippen LogP contribution in [0.5, 0.6) is 0 Å². The van der Waals surface area contributed by atoms with Crippen molar-refractivity contribution in [2.75, 3.05) is 0 Å². The highest BCUT2D eigenvalue weighted by Crippen LogP contribution is 2.45. The summed E-state index contributed by atoms with van der Waals surface area (Å²) in [7, 11) is 0. The van der Waals surface area contributed by atoms with Crippen LogP contribution in [0.4, 0.5) is 0 Å². The van der Waals surface area contributed by atoms with Crippen molar-refractivity contribution in [3.63, 3.8) is 0 Å². The van der Waals surface area contributed by atoms with Gasteiger partial charge in [0.2, 0.25) is 0 Å². The molecule has 0 saturated carbocycles. The quantitative estimate of drug-likeness (QED) is 0.410. The maximum Gasteiger partial charge on any atom is 0.149 e. The minimum atomic E-state index is 0.194. The van der Waals surface area contributed by atoms with E-state index in [2.05, 4.69) is 99.0 Å². The van der Waals surface area contributed by atoms with Gasteiger partial charge in [0, 0.05) is 0 Å². The van der Waals surface area contributed by atoms with Gasteiger partial charge >= 0.3 is 0 Å². The molecule has 0 radical (unpaired) electrons. The van der Waals surface area contributed by atoms with Gasteiger partial charge in [0.1, 0.15) is -0.565 Å². The van der Waals surface area contributed by atoms with E-state index in [4.69, 9.17) is 0 Å². The highest BCUT2D eigenvalue weighted by molar-refractivity contribution is 14.3. The standard InChI is InChI=1S/C8H7I3/c1-6-3-2-4-7(5-6)8(9,10)11/h2-5H,1H3. The molecule has 0 aliphatic carbocycles. The third kappa shape index (κ3) is 3.33. The zero-order valence-electron chi connectivity index (χ0n) is 5.94. The number of hydrogen-bond donors (Lipinski definition) is 0. The molecule has 1 aromatic carbocycles. The second-order valence-electron chi connectivity index (χ2n) is 2.37. The normalized spacial score (nSPS) is 11.6. The summed E-state index contributed by atoms with van der Waals surface area (Å²) in [4.78, 5) is 0. The van der Waals surface area contributed by atoms with Crippen LogP contribution in [0.15, 0.2) is 24.3 Å². The van der Waals surface area contributed by atoms with Gasteiger partial charge in [0.05, 0.1) is 0 Å². The fraction of sp³-hybridized carbons (Fsp3) is 0.250. The van der Waals surface area contributed by atoms with Gasteiger partial charge < -0.3 is 0 Å². The molecule has 0 bridgehead atoms. The Bertz CT molecular complexity index is 250. The molecule has 0 nitrogen and oxygen atoms in total. The van der Waals surface area contributed by atoms with Crippen LogP contribution >= 0.6 is 67.8 Å². The zero-order chi connectivity index (χ0) is 8.48. The lowest BCUT2D eigenvalue weighted by molar-refractivity contribution is 1.36. The van der Waals surface area contributed by atoms with Crippen molar-refractivity contribution in [3.05, 3.63) is 35.4 Å². The predicted octanol–water partition coefficient (Wildman–Crippen LogP) is 4.41. The first-order chi connectivity index (χ1) is 5.00. The van der Waals surface area contributed by atoms with Crippen molar-refractivity contribution in [2.24, 2.45) is 0 Å². The van der Waals surface area contributed by atoms with E-state index in [-0.39, 0.29) is -0.565 Å². The molecular formula is C8H7I3. The first kappa shape index (κ1) is 10.5. The van der Waals surface area contributed by atoms with Crippen molar-refractivity contribution in [2.45, 2.75) is 6.36 Å². The highest BCUT2D eigenvalue weighted by Gasteiger charge is 2.19. The molecule has 1 rings (SSSR count). The fourth-order valence-corrected chi connectivity index (χ4v) is 1.83. The third-order valence-electron chi connectivity index (χ3n) is 1.35. The van der Waals surface area contributed by atoms with Crippen LogP contribution in [0, 0.1) is 6.92 Å². The summed E-state index contributed by atoms with van der Waals surface area (Å²) >= 11 is 7.30. The van der Waals surface area contributed by atoms with E-state index < -0.39 is 0 Å². The lowest BCUT2D eigenvalue weighted by atomic mass is 10.2. The lowest BCUT2D eigenvalue weighted by Gasteiger charge is -2.12. The van der Waals surface area contributed by atoms with Crippen LogP contribution in [-0.2, 0) is -0.565 Å². The van der Waals surface area contributed by atoms with Crippen LogP contribution in [0.2, 0.25) is 0 Å². The predicted molar refractivity (Wildman–Crippen MR) is 74.9 cm³/mol. The van der Waals surface area contributed by atoms with Crippen molar-refractivity contribution in [1.82, 2.24) is 0 Å². The van der Waals surface area contributed by atoms with E-state index in [1.165, 1.54) is 11.1 Å². The second kappa shape index (κ2) is 4.08. The third-order valence-corrected chi connectivity index (χ3v) is 3.21. The molecule has 0 N–H and O–H groups in total. The van der Waals surface area contributed by atoms with Gasteiger partial charge in [-0.1, -0.05) is 29.8 Å².